The second-order valence-corrected chi connectivity index (χ2v) is 5.73. The van der Waals surface area contributed by atoms with E-state index in [1.54, 1.807) is 0 Å². The van der Waals surface area contributed by atoms with Gasteiger partial charge in [-0.05, 0) is 42.7 Å². The first-order valence-corrected chi connectivity index (χ1v) is 6.92. The molecular weight excluding hydrogens is 238 g/mol. The minimum atomic E-state index is -0.162. The number of hydrogen-bond acceptors (Lipinski definition) is 4. The van der Waals surface area contributed by atoms with E-state index in [1.807, 2.05) is 6.92 Å². The maximum Gasteiger partial charge on any atom is 0.230 e. The van der Waals surface area contributed by atoms with Gasteiger partial charge in [0.1, 0.15) is 0 Å². The molecule has 4 heteroatoms. The van der Waals surface area contributed by atoms with E-state index in [0.717, 1.165) is 5.89 Å². The normalized spacial score (nSPS) is 29.5. The molecule has 2 aromatic rings. The van der Waals surface area contributed by atoms with Crippen LogP contribution < -0.4 is 5.73 Å². The van der Waals surface area contributed by atoms with Gasteiger partial charge in [-0.15, -0.1) is 0 Å². The summed E-state index contributed by atoms with van der Waals surface area (Å²) in [5, 5.41) is 3.98. The first-order chi connectivity index (χ1) is 9.25. The van der Waals surface area contributed by atoms with Crippen molar-refractivity contribution < 1.29 is 4.52 Å². The van der Waals surface area contributed by atoms with Gasteiger partial charge in [-0.1, -0.05) is 29.4 Å². The summed E-state index contributed by atoms with van der Waals surface area (Å²) >= 11 is 0. The Morgan fingerprint density at radius 3 is 2.95 bits per heavy atom. The van der Waals surface area contributed by atoms with Crippen LogP contribution in [0.5, 0.6) is 0 Å². The fraction of sp³-hybridized carbons (Fsp3) is 0.467. The minimum absolute atomic E-state index is 0.162. The molecule has 0 aliphatic heterocycles. The summed E-state index contributed by atoms with van der Waals surface area (Å²) in [6.45, 7) is 1.88. The van der Waals surface area contributed by atoms with Gasteiger partial charge in [-0.2, -0.15) is 4.98 Å². The summed E-state index contributed by atoms with van der Waals surface area (Å²) in [6, 6.07) is 8.57. The third-order valence-corrected chi connectivity index (χ3v) is 4.48. The van der Waals surface area contributed by atoms with Gasteiger partial charge in [0.25, 0.3) is 0 Å². The molecule has 4 nitrogen and oxygen atoms in total. The summed E-state index contributed by atoms with van der Waals surface area (Å²) in [6.07, 6.45) is 2.39. The summed E-state index contributed by atoms with van der Waals surface area (Å²) in [5.41, 5.74) is 8.75. The first kappa shape index (κ1) is 11.2. The van der Waals surface area contributed by atoms with E-state index in [-0.39, 0.29) is 6.04 Å². The predicted octanol–water partition coefficient (Wildman–Crippen LogP) is 2.53. The van der Waals surface area contributed by atoms with Crippen LogP contribution in [0, 0.1) is 5.92 Å². The van der Waals surface area contributed by atoms with Crippen molar-refractivity contribution in [3.63, 3.8) is 0 Å². The van der Waals surface area contributed by atoms with E-state index < -0.39 is 0 Å². The van der Waals surface area contributed by atoms with Crippen molar-refractivity contribution in [1.29, 1.82) is 0 Å². The number of rotatable bonds is 2. The van der Waals surface area contributed by atoms with Crippen LogP contribution in [0.4, 0.5) is 0 Å². The largest absolute Gasteiger partial charge is 0.339 e. The lowest BCUT2D eigenvalue weighted by atomic mass is 9.92. The molecule has 0 bridgehead atoms. The number of nitrogens with two attached hydrogens (primary N) is 1. The molecule has 1 saturated carbocycles. The average molecular weight is 255 g/mol. The van der Waals surface area contributed by atoms with Gasteiger partial charge in [0.2, 0.25) is 5.89 Å². The van der Waals surface area contributed by atoms with Gasteiger partial charge in [-0.3, -0.25) is 0 Å². The Kier molecular flexibility index (Phi) is 2.30. The van der Waals surface area contributed by atoms with E-state index in [2.05, 4.69) is 34.4 Å². The molecule has 2 aliphatic carbocycles. The first-order valence-electron chi connectivity index (χ1n) is 6.92. The lowest BCUT2D eigenvalue weighted by molar-refractivity contribution is 0.367. The van der Waals surface area contributed by atoms with Crippen LogP contribution >= 0.6 is 0 Å². The maximum absolute atomic E-state index is 5.79. The zero-order valence-electron chi connectivity index (χ0n) is 10.9. The minimum Gasteiger partial charge on any atom is -0.339 e. The van der Waals surface area contributed by atoms with Gasteiger partial charge in [0.05, 0.1) is 6.04 Å². The number of nitrogens with zero attached hydrogens (tertiary/aromatic N) is 2. The van der Waals surface area contributed by atoms with Crippen molar-refractivity contribution in [3.8, 4) is 0 Å². The van der Waals surface area contributed by atoms with E-state index in [1.165, 1.54) is 24.0 Å². The third-order valence-electron chi connectivity index (χ3n) is 4.48. The Morgan fingerprint density at radius 1 is 1.32 bits per heavy atom. The predicted molar refractivity (Wildman–Crippen MR) is 70.6 cm³/mol. The lowest BCUT2D eigenvalue weighted by Gasteiger charge is -2.13. The molecule has 4 rings (SSSR count). The molecule has 1 aromatic carbocycles. The number of fused-ring (bicyclic) bond motifs is 3. The van der Waals surface area contributed by atoms with E-state index in [4.69, 9.17) is 10.3 Å². The van der Waals surface area contributed by atoms with Crippen molar-refractivity contribution in [2.24, 2.45) is 11.7 Å². The topological polar surface area (TPSA) is 64.9 Å². The molecule has 19 heavy (non-hydrogen) atoms. The van der Waals surface area contributed by atoms with Crippen molar-refractivity contribution in [2.45, 2.75) is 37.6 Å². The highest BCUT2D eigenvalue weighted by Gasteiger charge is 2.56. The Morgan fingerprint density at radius 2 is 2.16 bits per heavy atom. The van der Waals surface area contributed by atoms with Gasteiger partial charge >= 0.3 is 0 Å². The molecule has 4 atom stereocenters. The monoisotopic (exact) mass is 255 g/mol. The molecular formula is C15H17N3O. The zero-order valence-corrected chi connectivity index (χ0v) is 10.9. The van der Waals surface area contributed by atoms with Crippen LogP contribution in [0.15, 0.2) is 28.8 Å². The third kappa shape index (κ3) is 1.63. The summed E-state index contributed by atoms with van der Waals surface area (Å²) in [5.74, 6) is 3.05. The summed E-state index contributed by atoms with van der Waals surface area (Å²) in [7, 11) is 0. The number of aryl methyl sites for hydroxylation is 1. The standard InChI is InChI=1S/C15H17N3O/c1-8(16)14-17-15(19-18-14)13-11-7-6-9-4-2-3-5-10(9)12(11)13/h2-5,8,11-13H,6-7,16H2,1H3. The van der Waals surface area contributed by atoms with Gasteiger partial charge < -0.3 is 10.3 Å². The Balaban J connectivity index is 1.66. The summed E-state index contributed by atoms with van der Waals surface area (Å²) in [4.78, 5) is 4.47. The van der Waals surface area contributed by atoms with Crippen LogP contribution in [-0.4, -0.2) is 10.1 Å². The highest BCUT2D eigenvalue weighted by Crippen LogP contribution is 2.64. The van der Waals surface area contributed by atoms with Crippen molar-refractivity contribution in [3.05, 3.63) is 47.1 Å². The molecule has 0 saturated heterocycles. The fourth-order valence-electron chi connectivity index (χ4n) is 3.47. The van der Waals surface area contributed by atoms with E-state index in [9.17, 15) is 0 Å². The molecule has 0 amide bonds. The molecule has 1 fully saturated rings. The highest BCUT2D eigenvalue weighted by molar-refractivity contribution is 5.42. The second-order valence-electron chi connectivity index (χ2n) is 5.73. The molecule has 1 heterocycles. The Bertz CT molecular complexity index is 619. The summed E-state index contributed by atoms with van der Waals surface area (Å²) < 4.78 is 5.42. The van der Waals surface area contributed by atoms with Crippen LogP contribution in [0.25, 0.3) is 0 Å². The molecule has 2 aliphatic rings. The fourth-order valence-corrected chi connectivity index (χ4v) is 3.47. The maximum atomic E-state index is 5.79. The molecule has 0 radical (unpaired) electrons. The van der Waals surface area contributed by atoms with Crippen LogP contribution in [-0.2, 0) is 6.42 Å². The number of benzene rings is 1. The SMILES string of the molecule is CC(N)c1noc(C2C3CCc4ccccc4C32)n1. The lowest BCUT2D eigenvalue weighted by Crippen LogP contribution is -2.06. The van der Waals surface area contributed by atoms with E-state index >= 15 is 0 Å². The van der Waals surface area contributed by atoms with Crippen molar-refractivity contribution in [2.75, 3.05) is 0 Å². The molecule has 2 N–H and O–H groups in total. The molecule has 1 aromatic heterocycles. The van der Waals surface area contributed by atoms with Crippen LogP contribution in [0.3, 0.4) is 0 Å². The smallest absolute Gasteiger partial charge is 0.230 e. The Hall–Kier alpha value is -1.68. The van der Waals surface area contributed by atoms with Crippen LogP contribution in [0.1, 0.15) is 54.1 Å². The second kappa shape index (κ2) is 3.90. The average Bonchev–Trinajstić information content (AvgIpc) is 2.96. The van der Waals surface area contributed by atoms with Crippen LogP contribution in [0.2, 0.25) is 0 Å². The van der Waals surface area contributed by atoms with Crippen molar-refractivity contribution in [1.82, 2.24) is 10.1 Å². The Labute approximate surface area is 112 Å². The van der Waals surface area contributed by atoms with E-state index in [0.29, 0.717) is 23.6 Å². The zero-order chi connectivity index (χ0) is 13.0. The molecule has 0 spiro atoms. The number of aromatic nitrogens is 2. The van der Waals surface area contributed by atoms with Gasteiger partial charge in [0.15, 0.2) is 5.82 Å². The van der Waals surface area contributed by atoms with Gasteiger partial charge in [-0.25, -0.2) is 0 Å². The molecule has 98 valence electrons. The number of hydrogen-bond donors (Lipinski definition) is 1. The quantitative estimate of drug-likeness (QED) is 0.895. The highest BCUT2D eigenvalue weighted by atomic mass is 16.5. The van der Waals surface area contributed by atoms with Gasteiger partial charge in [0, 0.05) is 5.92 Å². The molecule has 4 unspecified atom stereocenters. The van der Waals surface area contributed by atoms with Crippen molar-refractivity contribution >= 4 is 0 Å².